The monoisotopic (exact) mass is 239 g/mol. The van der Waals surface area contributed by atoms with Gasteiger partial charge >= 0.3 is 0 Å². The van der Waals surface area contributed by atoms with Gasteiger partial charge in [-0.25, -0.2) is 0 Å². The Morgan fingerprint density at radius 1 is 1.62 bits per heavy atom. The maximum absolute atomic E-state index is 6.47. The molecule has 1 aromatic heterocycles. The standard InChI is InChI=1S/C13H18ClNO/c1-9-4-3-6-15-13(9)8-12(14)11-5-7-16-10(11)2/h3-4,6,10-12H,5,7-8H2,1-2H3. The first-order chi connectivity index (χ1) is 7.68. The number of rotatable bonds is 3. The minimum atomic E-state index is 0.131. The molecule has 0 N–H and O–H groups in total. The minimum absolute atomic E-state index is 0.131. The lowest BCUT2D eigenvalue weighted by atomic mass is 9.94. The second-order valence-corrected chi connectivity index (χ2v) is 5.08. The van der Waals surface area contributed by atoms with Gasteiger partial charge in [-0.2, -0.15) is 0 Å². The summed E-state index contributed by atoms with van der Waals surface area (Å²) in [7, 11) is 0. The molecule has 0 amide bonds. The number of ether oxygens (including phenoxy) is 1. The molecule has 0 aromatic carbocycles. The van der Waals surface area contributed by atoms with E-state index < -0.39 is 0 Å². The Bertz CT molecular complexity index is 356. The molecule has 3 heteroatoms. The summed E-state index contributed by atoms with van der Waals surface area (Å²) in [6.07, 6.45) is 4.03. The summed E-state index contributed by atoms with van der Waals surface area (Å²) in [4.78, 5) is 4.39. The lowest BCUT2D eigenvalue weighted by Crippen LogP contribution is -2.24. The van der Waals surface area contributed by atoms with Crippen LogP contribution >= 0.6 is 11.6 Å². The Labute approximate surface area is 102 Å². The van der Waals surface area contributed by atoms with E-state index in [1.807, 2.05) is 12.3 Å². The maximum atomic E-state index is 6.47. The SMILES string of the molecule is Cc1cccnc1CC(Cl)C1CCOC1C. The van der Waals surface area contributed by atoms with Crippen LogP contribution in [0, 0.1) is 12.8 Å². The van der Waals surface area contributed by atoms with Gasteiger partial charge in [-0.15, -0.1) is 11.6 Å². The molecule has 3 unspecified atom stereocenters. The van der Waals surface area contributed by atoms with Gasteiger partial charge in [0.1, 0.15) is 0 Å². The van der Waals surface area contributed by atoms with Crippen LogP contribution in [0.25, 0.3) is 0 Å². The van der Waals surface area contributed by atoms with E-state index in [4.69, 9.17) is 16.3 Å². The molecule has 88 valence electrons. The third-order valence-electron chi connectivity index (χ3n) is 3.41. The van der Waals surface area contributed by atoms with Crippen LogP contribution in [0.15, 0.2) is 18.3 Å². The van der Waals surface area contributed by atoms with Crippen LogP contribution in [0.5, 0.6) is 0 Å². The molecule has 1 saturated heterocycles. The zero-order valence-corrected chi connectivity index (χ0v) is 10.6. The van der Waals surface area contributed by atoms with Crippen molar-refractivity contribution in [1.29, 1.82) is 0 Å². The van der Waals surface area contributed by atoms with Crippen molar-refractivity contribution >= 4 is 11.6 Å². The van der Waals surface area contributed by atoms with Crippen molar-refractivity contribution in [1.82, 2.24) is 4.98 Å². The van der Waals surface area contributed by atoms with Crippen LogP contribution < -0.4 is 0 Å². The lowest BCUT2D eigenvalue weighted by Gasteiger charge is -2.20. The van der Waals surface area contributed by atoms with E-state index in [1.54, 1.807) is 0 Å². The fraction of sp³-hybridized carbons (Fsp3) is 0.615. The highest BCUT2D eigenvalue weighted by atomic mass is 35.5. The maximum Gasteiger partial charge on any atom is 0.0590 e. The molecule has 0 bridgehead atoms. The van der Waals surface area contributed by atoms with Gasteiger partial charge in [0, 0.05) is 36.2 Å². The fourth-order valence-electron chi connectivity index (χ4n) is 2.29. The number of aryl methyl sites for hydroxylation is 1. The van der Waals surface area contributed by atoms with E-state index in [0.717, 1.165) is 25.1 Å². The molecule has 16 heavy (non-hydrogen) atoms. The van der Waals surface area contributed by atoms with Crippen LogP contribution in [0.2, 0.25) is 0 Å². The first-order valence-electron chi connectivity index (χ1n) is 5.84. The van der Waals surface area contributed by atoms with Gasteiger partial charge in [0.2, 0.25) is 0 Å². The smallest absolute Gasteiger partial charge is 0.0590 e. The van der Waals surface area contributed by atoms with E-state index in [9.17, 15) is 0 Å². The Morgan fingerprint density at radius 2 is 2.44 bits per heavy atom. The minimum Gasteiger partial charge on any atom is -0.378 e. The Hall–Kier alpha value is -0.600. The average molecular weight is 240 g/mol. The highest BCUT2D eigenvalue weighted by Gasteiger charge is 2.31. The van der Waals surface area contributed by atoms with Crippen molar-refractivity contribution in [2.75, 3.05) is 6.61 Å². The number of nitrogens with zero attached hydrogens (tertiary/aromatic N) is 1. The summed E-state index contributed by atoms with van der Waals surface area (Å²) in [5, 5.41) is 0.131. The van der Waals surface area contributed by atoms with Crippen LogP contribution in [0.4, 0.5) is 0 Å². The number of halogens is 1. The Balaban J connectivity index is 2.02. The quantitative estimate of drug-likeness (QED) is 0.757. The molecule has 0 aliphatic carbocycles. The molecule has 3 atom stereocenters. The molecular formula is C13H18ClNO. The summed E-state index contributed by atoms with van der Waals surface area (Å²) >= 11 is 6.47. The topological polar surface area (TPSA) is 22.1 Å². The third-order valence-corrected chi connectivity index (χ3v) is 3.88. The van der Waals surface area contributed by atoms with Crippen molar-refractivity contribution < 1.29 is 4.74 Å². The van der Waals surface area contributed by atoms with Crippen LogP contribution in [-0.2, 0) is 11.2 Å². The Morgan fingerprint density at radius 3 is 3.06 bits per heavy atom. The molecule has 1 fully saturated rings. The summed E-state index contributed by atoms with van der Waals surface area (Å²) in [5.41, 5.74) is 2.33. The first kappa shape index (κ1) is 11.9. The van der Waals surface area contributed by atoms with Crippen molar-refractivity contribution in [2.45, 2.75) is 38.2 Å². The van der Waals surface area contributed by atoms with Gasteiger partial charge in [-0.1, -0.05) is 6.07 Å². The summed E-state index contributed by atoms with van der Waals surface area (Å²) in [5.74, 6) is 0.461. The molecule has 2 rings (SSSR count). The highest BCUT2D eigenvalue weighted by Crippen LogP contribution is 2.29. The average Bonchev–Trinajstić information content (AvgIpc) is 2.68. The lowest BCUT2D eigenvalue weighted by molar-refractivity contribution is 0.105. The predicted octanol–water partition coefficient (Wildman–Crippen LogP) is 2.96. The van der Waals surface area contributed by atoms with Crippen LogP contribution in [0.3, 0.4) is 0 Å². The van der Waals surface area contributed by atoms with E-state index >= 15 is 0 Å². The number of aromatic nitrogens is 1. The predicted molar refractivity (Wildman–Crippen MR) is 65.8 cm³/mol. The van der Waals surface area contributed by atoms with Crippen molar-refractivity contribution in [3.63, 3.8) is 0 Å². The number of hydrogen-bond donors (Lipinski definition) is 0. The van der Waals surface area contributed by atoms with Gasteiger partial charge in [0.15, 0.2) is 0 Å². The number of hydrogen-bond acceptors (Lipinski definition) is 2. The van der Waals surface area contributed by atoms with Gasteiger partial charge in [-0.05, 0) is 31.9 Å². The zero-order valence-electron chi connectivity index (χ0n) is 9.82. The zero-order chi connectivity index (χ0) is 11.5. The van der Waals surface area contributed by atoms with Crippen molar-refractivity contribution in [3.05, 3.63) is 29.6 Å². The molecular weight excluding hydrogens is 222 g/mol. The fourth-order valence-corrected chi connectivity index (χ4v) is 2.77. The van der Waals surface area contributed by atoms with Gasteiger partial charge < -0.3 is 4.74 Å². The molecule has 1 aliphatic heterocycles. The first-order valence-corrected chi connectivity index (χ1v) is 6.28. The molecule has 2 nitrogen and oxygen atoms in total. The van der Waals surface area contributed by atoms with Crippen LogP contribution in [-0.4, -0.2) is 23.1 Å². The highest BCUT2D eigenvalue weighted by molar-refractivity contribution is 6.21. The second kappa shape index (κ2) is 5.15. The van der Waals surface area contributed by atoms with Crippen molar-refractivity contribution in [2.24, 2.45) is 5.92 Å². The largest absolute Gasteiger partial charge is 0.378 e. The van der Waals surface area contributed by atoms with E-state index in [1.165, 1.54) is 5.56 Å². The second-order valence-electron chi connectivity index (χ2n) is 4.52. The van der Waals surface area contributed by atoms with Gasteiger partial charge in [-0.3, -0.25) is 4.98 Å². The molecule has 1 aliphatic rings. The van der Waals surface area contributed by atoms with E-state index in [2.05, 4.69) is 24.9 Å². The third kappa shape index (κ3) is 2.55. The molecule has 0 saturated carbocycles. The summed E-state index contributed by atoms with van der Waals surface area (Å²) in [6, 6.07) is 4.05. The normalized spacial score (nSPS) is 26.9. The van der Waals surface area contributed by atoms with Gasteiger partial charge in [0.25, 0.3) is 0 Å². The van der Waals surface area contributed by atoms with Crippen LogP contribution in [0.1, 0.15) is 24.6 Å². The summed E-state index contributed by atoms with van der Waals surface area (Å²) < 4.78 is 5.55. The van der Waals surface area contributed by atoms with Gasteiger partial charge in [0.05, 0.1) is 6.10 Å². The summed E-state index contributed by atoms with van der Waals surface area (Å²) in [6.45, 7) is 5.04. The molecule has 0 radical (unpaired) electrons. The van der Waals surface area contributed by atoms with Crippen molar-refractivity contribution in [3.8, 4) is 0 Å². The number of pyridine rings is 1. The number of alkyl halides is 1. The molecule has 1 aromatic rings. The van der Waals surface area contributed by atoms with E-state index in [0.29, 0.717) is 5.92 Å². The molecule has 0 spiro atoms. The Kier molecular flexibility index (Phi) is 3.82. The molecule has 2 heterocycles. The van der Waals surface area contributed by atoms with E-state index in [-0.39, 0.29) is 11.5 Å².